The zero-order valence-corrected chi connectivity index (χ0v) is 30.2. The van der Waals surface area contributed by atoms with E-state index in [0.717, 1.165) is 61.9 Å². The van der Waals surface area contributed by atoms with Crippen LogP contribution < -0.4 is 0 Å². The number of hydrogen-bond donors (Lipinski definition) is 0. The molecule has 0 aromatic heterocycles. The highest BCUT2D eigenvalue weighted by atomic mass is 28.4. The lowest BCUT2D eigenvalue weighted by Crippen LogP contribution is -2.41. The summed E-state index contributed by atoms with van der Waals surface area (Å²) >= 11 is 0. The molecular weight excluding hydrogens is 569 g/mol. The fourth-order valence-corrected chi connectivity index (χ4v) is 12.2. The molecule has 1 fully saturated rings. The van der Waals surface area contributed by atoms with Gasteiger partial charge in [-0.3, -0.25) is 9.59 Å². The summed E-state index contributed by atoms with van der Waals surface area (Å²) in [6.07, 6.45) is 13.9. The zero-order valence-electron chi connectivity index (χ0n) is 28.2. The normalized spacial score (nSPS) is 20.3. The number of esters is 1. The Balaban J connectivity index is 2.32. The smallest absolute Gasteiger partial charge is 0.305 e. The number of carbonyl (C=O) groups excluding carboxylic acids is 2. The molecule has 0 bridgehead atoms. The topological polar surface area (TPSA) is 61.8 Å². The van der Waals surface area contributed by atoms with Crippen LogP contribution in [0.5, 0.6) is 0 Å². The van der Waals surface area contributed by atoms with Gasteiger partial charge in [0.2, 0.25) is 0 Å². The van der Waals surface area contributed by atoms with Gasteiger partial charge in [-0.1, -0.05) is 96.2 Å². The monoisotopic (exact) mass is 628 g/mol. The van der Waals surface area contributed by atoms with Crippen molar-refractivity contribution in [3.8, 4) is 0 Å². The minimum absolute atomic E-state index is 0.0307. The molecule has 0 amide bonds. The summed E-state index contributed by atoms with van der Waals surface area (Å²) in [5.74, 6) is 0.0970. The second kappa shape index (κ2) is 19.6. The third-order valence-electron chi connectivity index (χ3n) is 10.0. The molecule has 0 aliphatic heterocycles. The molecule has 0 radical (unpaired) electrons. The number of allylic oxidation sites excluding steroid dienone is 2. The average molecular weight is 629 g/mol. The molecule has 242 valence electrons. The number of methoxy groups -OCH3 is 1. The van der Waals surface area contributed by atoms with E-state index in [2.05, 4.69) is 96.2 Å². The molecular formula is C36H60O5Si2. The van der Waals surface area contributed by atoms with E-state index >= 15 is 0 Å². The van der Waals surface area contributed by atoms with Gasteiger partial charge in [-0.15, -0.1) is 0 Å². The van der Waals surface area contributed by atoms with Crippen molar-refractivity contribution in [3.05, 3.63) is 60.2 Å². The van der Waals surface area contributed by atoms with Crippen molar-refractivity contribution >= 4 is 28.4 Å². The fraction of sp³-hybridized carbons (Fsp3) is 0.667. The lowest BCUT2D eigenvalue weighted by molar-refractivity contribution is -0.140. The van der Waals surface area contributed by atoms with Crippen LogP contribution in [-0.2, 0) is 29.6 Å². The number of unbranched alkanes of at least 4 members (excludes halogenated alkanes) is 1. The van der Waals surface area contributed by atoms with E-state index in [1.54, 1.807) is 0 Å². The molecule has 0 N–H and O–H groups in total. The SMILES string of the molecule is CC[Si](CC)(CC)O[C@H](/C=C/[C@H]1[C@H](O[Si](CC)(CC)CC)CC(=O)[C@@H]1C/C=C\CCCC(=O)OC)CCc1ccccc1. The molecule has 7 heteroatoms. The van der Waals surface area contributed by atoms with Crippen molar-refractivity contribution in [2.45, 2.75) is 135 Å². The van der Waals surface area contributed by atoms with Gasteiger partial charge < -0.3 is 13.6 Å². The van der Waals surface area contributed by atoms with Crippen molar-refractivity contribution in [1.82, 2.24) is 0 Å². The average Bonchev–Trinajstić information content (AvgIpc) is 3.34. The molecule has 5 nitrogen and oxygen atoms in total. The van der Waals surface area contributed by atoms with Crippen molar-refractivity contribution in [3.63, 3.8) is 0 Å². The summed E-state index contributed by atoms with van der Waals surface area (Å²) in [6.45, 7) is 13.6. The number of benzene rings is 1. The summed E-state index contributed by atoms with van der Waals surface area (Å²) in [5.41, 5.74) is 1.33. The molecule has 0 unspecified atom stereocenters. The van der Waals surface area contributed by atoms with Crippen molar-refractivity contribution in [1.29, 1.82) is 0 Å². The summed E-state index contributed by atoms with van der Waals surface area (Å²) in [5, 5.41) is 0. The minimum atomic E-state index is -1.89. The molecule has 1 saturated carbocycles. The van der Waals surface area contributed by atoms with Crippen LogP contribution in [0.2, 0.25) is 36.3 Å². The van der Waals surface area contributed by atoms with Crippen LogP contribution in [0.3, 0.4) is 0 Å². The van der Waals surface area contributed by atoms with E-state index < -0.39 is 16.6 Å². The molecule has 2 rings (SSSR count). The molecule has 1 aliphatic carbocycles. The quantitative estimate of drug-likeness (QED) is 0.0587. The van der Waals surface area contributed by atoms with Gasteiger partial charge in [0.25, 0.3) is 0 Å². The molecule has 0 heterocycles. The largest absolute Gasteiger partial charge is 0.469 e. The number of rotatable bonds is 21. The first kappa shape index (κ1) is 37.4. The Labute approximate surface area is 265 Å². The number of ether oxygens (including phenoxy) is 1. The van der Waals surface area contributed by atoms with Crippen molar-refractivity contribution < 1.29 is 23.2 Å². The molecule has 0 spiro atoms. The van der Waals surface area contributed by atoms with E-state index in [0.29, 0.717) is 25.0 Å². The minimum Gasteiger partial charge on any atom is -0.469 e. The lowest BCUT2D eigenvalue weighted by atomic mass is 9.90. The Morgan fingerprint density at radius 3 is 2.14 bits per heavy atom. The van der Waals surface area contributed by atoms with Crippen LogP contribution in [0.25, 0.3) is 0 Å². The van der Waals surface area contributed by atoms with E-state index in [-0.39, 0.29) is 30.0 Å². The highest BCUT2D eigenvalue weighted by Crippen LogP contribution is 2.39. The van der Waals surface area contributed by atoms with Crippen molar-refractivity contribution in [2.24, 2.45) is 11.8 Å². The second-order valence-electron chi connectivity index (χ2n) is 12.2. The van der Waals surface area contributed by atoms with Gasteiger partial charge in [0, 0.05) is 24.7 Å². The van der Waals surface area contributed by atoms with E-state index in [9.17, 15) is 9.59 Å². The Morgan fingerprint density at radius 1 is 0.930 bits per heavy atom. The number of Topliss-reactive ketones (excluding diaryl/α,β-unsaturated/α-hetero) is 1. The van der Waals surface area contributed by atoms with Gasteiger partial charge in [0.15, 0.2) is 16.6 Å². The summed E-state index contributed by atoms with van der Waals surface area (Å²) < 4.78 is 18.8. The standard InChI is InChI=1S/C36H60O5Si2/c1-8-42(9-2,10-3)40-31(26-25-30-21-17-16-18-22-30)27-28-33-32(23-19-14-15-20-24-36(38)39-7)34(37)29-35(33)41-43(11-4,12-5)13-6/h14,16-19,21-22,27-28,31-33,35H,8-13,15,20,23-26,29H2,1-7H3/b19-14-,28-27+/t31-,32+,33+,35+/m0/s1. The fourth-order valence-electron chi connectivity index (χ4n) is 6.50. The number of hydrogen-bond acceptors (Lipinski definition) is 5. The summed E-state index contributed by atoms with van der Waals surface area (Å²) in [6, 6.07) is 17.2. The second-order valence-corrected chi connectivity index (χ2v) is 21.7. The number of ketones is 1. The van der Waals surface area contributed by atoms with Crippen LogP contribution in [0.15, 0.2) is 54.6 Å². The van der Waals surface area contributed by atoms with Gasteiger partial charge in [-0.05, 0) is 73.9 Å². The first-order chi connectivity index (χ1) is 20.7. The molecule has 0 saturated heterocycles. The van der Waals surface area contributed by atoms with Gasteiger partial charge in [0.05, 0.1) is 19.3 Å². The molecule has 1 aromatic rings. The van der Waals surface area contributed by atoms with Gasteiger partial charge in [-0.25, -0.2) is 0 Å². The Bertz CT molecular complexity index is 984. The third kappa shape index (κ3) is 11.6. The first-order valence-corrected chi connectivity index (χ1v) is 22.1. The van der Waals surface area contributed by atoms with Crippen LogP contribution in [0, 0.1) is 11.8 Å². The third-order valence-corrected chi connectivity index (χ3v) is 19.4. The van der Waals surface area contributed by atoms with E-state index in [4.69, 9.17) is 13.6 Å². The molecule has 43 heavy (non-hydrogen) atoms. The van der Waals surface area contributed by atoms with Gasteiger partial charge in [0.1, 0.15) is 5.78 Å². The van der Waals surface area contributed by atoms with E-state index in [1.807, 2.05) is 0 Å². The maximum absolute atomic E-state index is 13.5. The van der Waals surface area contributed by atoms with E-state index in [1.165, 1.54) is 12.7 Å². The van der Waals surface area contributed by atoms with Gasteiger partial charge in [-0.2, -0.15) is 0 Å². The van der Waals surface area contributed by atoms with Crippen LogP contribution >= 0.6 is 0 Å². The Kier molecular flexibility index (Phi) is 17.0. The van der Waals surface area contributed by atoms with Gasteiger partial charge >= 0.3 is 5.97 Å². The predicted molar refractivity (Wildman–Crippen MR) is 184 cm³/mol. The maximum atomic E-state index is 13.5. The number of aryl methyl sites for hydroxylation is 1. The van der Waals surface area contributed by atoms with Crippen molar-refractivity contribution in [2.75, 3.05) is 7.11 Å². The molecule has 1 aromatic carbocycles. The lowest BCUT2D eigenvalue weighted by Gasteiger charge is -2.35. The van der Waals surface area contributed by atoms with Crippen LogP contribution in [0.1, 0.15) is 85.6 Å². The molecule has 4 atom stereocenters. The number of carbonyl (C=O) groups is 2. The van der Waals surface area contributed by atoms with Crippen LogP contribution in [0.4, 0.5) is 0 Å². The highest BCUT2D eigenvalue weighted by Gasteiger charge is 2.44. The van der Waals surface area contributed by atoms with Crippen LogP contribution in [-0.4, -0.2) is 47.7 Å². The summed E-state index contributed by atoms with van der Waals surface area (Å²) in [4.78, 5) is 24.9. The predicted octanol–water partition coefficient (Wildman–Crippen LogP) is 9.45. The zero-order chi connectivity index (χ0) is 31.7. The molecule has 1 aliphatic rings. The summed E-state index contributed by atoms with van der Waals surface area (Å²) in [7, 11) is -2.29. The Morgan fingerprint density at radius 2 is 1.56 bits per heavy atom. The maximum Gasteiger partial charge on any atom is 0.305 e. The Hall–Kier alpha value is -1.81. The first-order valence-electron chi connectivity index (χ1n) is 17.1. The highest BCUT2D eigenvalue weighted by molar-refractivity contribution is 6.74.